The van der Waals surface area contributed by atoms with E-state index in [9.17, 15) is 24.0 Å². The zero-order chi connectivity index (χ0) is 21.9. The van der Waals surface area contributed by atoms with Gasteiger partial charge in [0.2, 0.25) is 0 Å². The molecule has 28 heavy (non-hydrogen) atoms. The number of nitrogens with one attached hydrogen (secondary N) is 1. The molecule has 1 unspecified atom stereocenters. The van der Waals surface area contributed by atoms with Crippen LogP contribution in [0.1, 0.15) is 28.4 Å². The lowest BCUT2D eigenvalue weighted by Gasteiger charge is -2.31. The Morgan fingerprint density at radius 1 is 1.25 bits per heavy atom. The zero-order valence-electron chi connectivity index (χ0n) is 16.2. The van der Waals surface area contributed by atoms with Crippen molar-refractivity contribution in [3.63, 3.8) is 0 Å². The van der Waals surface area contributed by atoms with Crippen LogP contribution >= 0.6 is 11.6 Å². The highest BCUT2D eigenvalue weighted by atomic mass is 35.5. The van der Waals surface area contributed by atoms with Crippen LogP contribution in [0.25, 0.3) is 0 Å². The molecule has 154 valence electrons. The number of aromatic amines is 1. The van der Waals surface area contributed by atoms with E-state index >= 15 is 0 Å². The van der Waals surface area contributed by atoms with Crippen molar-refractivity contribution < 1.29 is 34.7 Å². The van der Waals surface area contributed by atoms with Gasteiger partial charge in [-0.15, -0.1) is 11.6 Å². The Morgan fingerprint density at radius 2 is 1.89 bits per heavy atom. The lowest BCUT2D eigenvalue weighted by atomic mass is 9.97. The minimum Gasteiger partial charge on any atom is -0.463 e. The third-order valence-electron chi connectivity index (χ3n) is 3.81. The predicted octanol–water partition coefficient (Wildman–Crippen LogP) is -0.530. The van der Waals surface area contributed by atoms with E-state index in [0.717, 1.165) is 37.6 Å². The number of halogens is 1. The number of rotatable bonds is 6. The summed E-state index contributed by atoms with van der Waals surface area (Å²) >= 11 is 6.00. The first-order valence-corrected chi connectivity index (χ1v) is 8.45. The second-order valence-electron chi connectivity index (χ2n) is 5.97. The molecule has 1 aromatic heterocycles. The predicted molar refractivity (Wildman–Crippen MR) is 92.6 cm³/mol. The summed E-state index contributed by atoms with van der Waals surface area (Å²) in [7, 11) is 0. The quantitative estimate of drug-likeness (QED) is 0.365. The maximum atomic E-state index is 12.2. The van der Waals surface area contributed by atoms with Crippen molar-refractivity contribution >= 4 is 29.5 Å². The van der Waals surface area contributed by atoms with Gasteiger partial charge in [-0.3, -0.25) is 28.7 Å². The van der Waals surface area contributed by atoms with Gasteiger partial charge in [-0.05, 0) is 0 Å². The van der Waals surface area contributed by atoms with E-state index in [0.29, 0.717) is 0 Å². The molecule has 0 spiro atoms. The first-order valence-electron chi connectivity index (χ1n) is 8.59. The monoisotopic (exact) mass is 419 g/mol. The summed E-state index contributed by atoms with van der Waals surface area (Å²) in [5, 5.41) is 0. The summed E-state index contributed by atoms with van der Waals surface area (Å²) < 4.78 is 30.1. The van der Waals surface area contributed by atoms with Gasteiger partial charge in [-0.2, -0.15) is 0 Å². The zero-order valence-corrected chi connectivity index (χ0v) is 15.9. The van der Waals surface area contributed by atoms with Crippen molar-refractivity contribution in [3.8, 4) is 0 Å². The number of hydrogen-bond acceptors (Lipinski definition) is 9. The van der Waals surface area contributed by atoms with Gasteiger partial charge in [0.05, 0.1) is 5.86 Å². The lowest BCUT2D eigenvalue weighted by molar-refractivity contribution is -0.174. The SMILES string of the molecule is [2H]C(Cl)[C@]1(COC(C)=O)O[C@@H](n2ccc(=O)[nH]c2=O)[C@H](OC(C)=O)[C@@H]1OC(C)=O. The van der Waals surface area contributed by atoms with Gasteiger partial charge in [0, 0.05) is 34.4 Å². The number of ether oxygens (including phenoxy) is 4. The number of nitrogens with zero attached hydrogens (tertiary/aromatic N) is 1. The standard InChI is InChI=1S/C16H19ClN2O9/c1-8(20)25-7-16(6-17)13(27-10(3)22)12(26-9(2)21)14(28-16)19-5-4-11(23)18-15(19)24/h4-5,12-14H,6-7H2,1-3H3,(H,18,23,24)/t12-,13+,14-,16-/m1/s1/i6D/t6?,12-,13+,14-,16-. The van der Waals surface area contributed by atoms with Crippen LogP contribution in [0, 0.1) is 0 Å². The summed E-state index contributed by atoms with van der Waals surface area (Å²) in [5.41, 5.74) is -3.59. The average Bonchev–Trinajstić information content (AvgIpc) is 2.87. The third-order valence-corrected chi connectivity index (χ3v) is 4.18. The van der Waals surface area contributed by atoms with Gasteiger partial charge < -0.3 is 18.9 Å². The van der Waals surface area contributed by atoms with E-state index in [-0.39, 0.29) is 0 Å². The number of H-pyrrole nitrogens is 1. The molecule has 0 aliphatic carbocycles. The molecular weight excluding hydrogens is 400 g/mol. The summed E-state index contributed by atoms with van der Waals surface area (Å²) in [6.45, 7) is 2.60. The minimum absolute atomic E-state index is 0.635. The van der Waals surface area contributed by atoms with Gasteiger partial charge in [0.15, 0.2) is 24.0 Å². The smallest absolute Gasteiger partial charge is 0.330 e. The van der Waals surface area contributed by atoms with E-state index in [1.807, 2.05) is 4.98 Å². The maximum absolute atomic E-state index is 12.2. The van der Waals surface area contributed by atoms with Crippen LogP contribution < -0.4 is 11.2 Å². The average molecular weight is 420 g/mol. The Bertz CT molecular complexity index is 914. The Morgan fingerprint density at radius 3 is 2.39 bits per heavy atom. The van der Waals surface area contributed by atoms with Crippen LogP contribution in [-0.2, 0) is 33.3 Å². The molecule has 2 heterocycles. The number of esters is 3. The second-order valence-corrected chi connectivity index (χ2v) is 6.19. The molecule has 0 radical (unpaired) electrons. The van der Waals surface area contributed by atoms with Crippen LogP contribution in [-0.4, -0.2) is 57.7 Å². The first-order chi connectivity index (χ1) is 13.5. The number of alkyl halides is 1. The molecule has 1 aromatic rings. The van der Waals surface area contributed by atoms with E-state index in [1.54, 1.807) is 0 Å². The molecule has 1 aliphatic heterocycles. The molecule has 1 fully saturated rings. The molecule has 5 atom stereocenters. The number of carbonyl (C=O) groups is 3. The van der Waals surface area contributed by atoms with Crippen molar-refractivity contribution in [1.29, 1.82) is 0 Å². The largest absolute Gasteiger partial charge is 0.463 e. The molecule has 2 rings (SSSR count). The van der Waals surface area contributed by atoms with Gasteiger partial charge in [0.1, 0.15) is 6.61 Å². The molecule has 11 nitrogen and oxygen atoms in total. The summed E-state index contributed by atoms with van der Waals surface area (Å²) in [4.78, 5) is 60.3. The molecule has 0 amide bonds. The normalized spacial score (nSPS) is 28.1. The van der Waals surface area contributed by atoms with Crippen LogP contribution in [0.3, 0.4) is 0 Å². The van der Waals surface area contributed by atoms with E-state index in [2.05, 4.69) is 0 Å². The Balaban J connectivity index is 2.64. The number of carbonyl (C=O) groups excluding carboxylic acids is 3. The summed E-state index contributed by atoms with van der Waals surface area (Å²) in [6.07, 6.45) is -3.33. The lowest BCUT2D eigenvalue weighted by Crippen LogP contribution is -2.51. The van der Waals surface area contributed by atoms with Crippen LogP contribution in [0.4, 0.5) is 0 Å². The van der Waals surface area contributed by atoms with Gasteiger partial charge in [0.25, 0.3) is 5.56 Å². The first kappa shape index (κ1) is 20.1. The third kappa shape index (κ3) is 4.60. The fraction of sp³-hybridized carbons (Fsp3) is 0.562. The van der Waals surface area contributed by atoms with E-state index in [4.69, 9.17) is 31.9 Å². The van der Waals surface area contributed by atoms with Gasteiger partial charge >= 0.3 is 23.6 Å². The van der Waals surface area contributed by atoms with Crippen molar-refractivity contribution in [2.24, 2.45) is 0 Å². The van der Waals surface area contributed by atoms with Crippen LogP contribution in [0.15, 0.2) is 21.9 Å². The Kier molecular flexibility index (Phi) is 6.15. The highest BCUT2D eigenvalue weighted by Crippen LogP contribution is 2.41. The van der Waals surface area contributed by atoms with E-state index < -0.39 is 65.7 Å². The number of hydrogen-bond donors (Lipinski definition) is 1. The molecule has 1 N–H and O–H groups in total. The highest BCUT2D eigenvalue weighted by molar-refractivity contribution is 6.18. The molecule has 1 saturated heterocycles. The van der Waals surface area contributed by atoms with Crippen molar-refractivity contribution in [1.82, 2.24) is 9.55 Å². The summed E-state index contributed by atoms with van der Waals surface area (Å²) in [6, 6.07) is 1.02. The molecule has 12 heteroatoms. The van der Waals surface area contributed by atoms with Crippen molar-refractivity contribution in [3.05, 3.63) is 33.1 Å². The molecule has 1 aliphatic rings. The topological polar surface area (TPSA) is 143 Å². The number of aromatic nitrogens is 2. The van der Waals surface area contributed by atoms with Crippen LogP contribution in [0.5, 0.6) is 0 Å². The molecule has 0 aromatic carbocycles. The van der Waals surface area contributed by atoms with Gasteiger partial charge in [-0.25, -0.2) is 4.79 Å². The fourth-order valence-corrected chi connectivity index (χ4v) is 2.98. The Labute approximate surface area is 164 Å². The summed E-state index contributed by atoms with van der Waals surface area (Å²) in [5.74, 6) is -4.04. The highest BCUT2D eigenvalue weighted by Gasteiger charge is 2.60. The molecular formula is C16H19ClN2O9. The Hall–Kier alpha value is -2.66. The molecule has 0 saturated carbocycles. The van der Waals surface area contributed by atoms with Crippen molar-refractivity contribution in [2.45, 2.75) is 44.8 Å². The van der Waals surface area contributed by atoms with Gasteiger partial charge in [-0.1, -0.05) is 0 Å². The van der Waals surface area contributed by atoms with E-state index in [1.165, 1.54) is 0 Å². The molecule has 0 bridgehead atoms. The minimum atomic E-state index is -1.99. The van der Waals surface area contributed by atoms with Crippen molar-refractivity contribution in [2.75, 3.05) is 12.5 Å². The second kappa shape index (κ2) is 8.57. The fourth-order valence-electron chi connectivity index (χ4n) is 2.74. The van der Waals surface area contributed by atoms with Crippen LogP contribution in [0.2, 0.25) is 0 Å². The maximum Gasteiger partial charge on any atom is 0.330 e.